The Morgan fingerprint density at radius 1 is 1.44 bits per heavy atom. The fraction of sp³-hybridized carbons (Fsp3) is 0.333. The number of para-hydroxylation sites is 2. The molecule has 0 radical (unpaired) electrons. The van der Waals surface area contributed by atoms with Crippen LogP contribution in [0.3, 0.4) is 0 Å². The predicted octanol–water partition coefficient (Wildman–Crippen LogP) is 2.44. The molecule has 2 aromatic rings. The van der Waals surface area contributed by atoms with Crippen LogP contribution in [0, 0.1) is 0 Å². The zero-order chi connectivity index (χ0) is 12.0. The molecule has 0 atom stereocenters. The van der Waals surface area contributed by atoms with Crippen molar-refractivity contribution in [3.8, 4) is 0 Å². The summed E-state index contributed by atoms with van der Waals surface area (Å²) in [6.07, 6.45) is 2.85. The highest BCUT2D eigenvalue weighted by Gasteiger charge is 1.93. The molecule has 0 unspecified atom stereocenters. The van der Waals surface area contributed by atoms with Gasteiger partial charge in [0.05, 0.1) is 17.4 Å². The first-order chi connectivity index (χ1) is 7.65. The summed E-state index contributed by atoms with van der Waals surface area (Å²) in [7, 11) is 2.00. The highest BCUT2D eigenvalue weighted by Crippen LogP contribution is 2.08. The Labute approximate surface area is 94.5 Å². The van der Waals surface area contributed by atoms with Crippen molar-refractivity contribution < 1.29 is 9.90 Å². The number of carboxylic acids is 1. The normalized spacial score (nSPS) is 9.62. The second-order valence-electron chi connectivity index (χ2n) is 3.49. The van der Waals surface area contributed by atoms with E-state index in [1.54, 1.807) is 0 Å². The molecule has 0 fully saturated rings. The summed E-state index contributed by atoms with van der Waals surface area (Å²) in [6.45, 7) is 1.84. The van der Waals surface area contributed by atoms with Gasteiger partial charge in [0.1, 0.15) is 0 Å². The topological polar surface area (TPSA) is 55.1 Å². The Morgan fingerprint density at radius 2 is 2.12 bits per heavy atom. The lowest BCUT2D eigenvalue weighted by molar-refractivity contribution is -0.137. The molecule has 1 heterocycles. The van der Waals surface area contributed by atoms with E-state index in [-0.39, 0.29) is 0 Å². The van der Waals surface area contributed by atoms with Crippen molar-refractivity contribution in [3.63, 3.8) is 0 Å². The molecule has 1 aromatic carbocycles. The molecule has 1 aromatic heterocycles. The number of hydrogen-bond donors (Lipinski definition) is 1. The predicted molar refractivity (Wildman–Crippen MR) is 63.3 cm³/mol. The van der Waals surface area contributed by atoms with Gasteiger partial charge in [0.25, 0.3) is 0 Å². The van der Waals surface area contributed by atoms with Crippen LogP contribution in [0.15, 0.2) is 30.6 Å². The van der Waals surface area contributed by atoms with E-state index < -0.39 is 5.97 Å². The van der Waals surface area contributed by atoms with Gasteiger partial charge in [0.2, 0.25) is 0 Å². The van der Waals surface area contributed by atoms with Crippen LogP contribution in [0.5, 0.6) is 0 Å². The van der Waals surface area contributed by atoms with Crippen molar-refractivity contribution in [1.82, 2.24) is 9.55 Å². The van der Waals surface area contributed by atoms with Crippen molar-refractivity contribution >= 4 is 17.0 Å². The lowest BCUT2D eigenvalue weighted by Gasteiger charge is -1.90. The third kappa shape index (κ3) is 3.38. The minimum absolute atomic E-state index is 0.292. The Morgan fingerprint density at radius 3 is 2.62 bits per heavy atom. The maximum absolute atomic E-state index is 9.60. The van der Waals surface area contributed by atoms with Gasteiger partial charge in [-0.3, -0.25) is 4.79 Å². The average molecular weight is 220 g/mol. The van der Waals surface area contributed by atoms with Crippen LogP contribution >= 0.6 is 0 Å². The maximum Gasteiger partial charge on any atom is 0.303 e. The van der Waals surface area contributed by atoms with Crippen LogP contribution in [0.4, 0.5) is 0 Å². The molecule has 0 spiro atoms. The first kappa shape index (κ1) is 12.2. The second-order valence-corrected chi connectivity index (χ2v) is 3.49. The van der Waals surface area contributed by atoms with Crippen molar-refractivity contribution in [3.05, 3.63) is 30.6 Å². The number of fused-ring (bicyclic) bond motifs is 1. The summed E-state index contributed by atoms with van der Waals surface area (Å²) in [4.78, 5) is 13.8. The zero-order valence-corrected chi connectivity index (χ0v) is 9.55. The van der Waals surface area contributed by atoms with Gasteiger partial charge in [-0.25, -0.2) is 4.98 Å². The van der Waals surface area contributed by atoms with Gasteiger partial charge >= 0.3 is 5.97 Å². The minimum atomic E-state index is -0.711. The number of rotatable bonds is 2. The molecule has 86 valence electrons. The summed E-state index contributed by atoms with van der Waals surface area (Å²) >= 11 is 0. The summed E-state index contributed by atoms with van der Waals surface area (Å²) in [5.74, 6) is -0.711. The molecule has 4 heteroatoms. The van der Waals surface area contributed by atoms with Crippen molar-refractivity contribution in [2.75, 3.05) is 0 Å². The van der Waals surface area contributed by atoms with E-state index in [4.69, 9.17) is 5.11 Å². The van der Waals surface area contributed by atoms with Gasteiger partial charge in [-0.1, -0.05) is 19.1 Å². The van der Waals surface area contributed by atoms with E-state index in [0.717, 1.165) is 11.9 Å². The fourth-order valence-electron chi connectivity index (χ4n) is 1.30. The molecule has 4 nitrogen and oxygen atoms in total. The molecule has 0 amide bonds. The number of benzene rings is 1. The number of carbonyl (C=O) groups is 1. The summed E-state index contributed by atoms with van der Waals surface area (Å²) in [5.41, 5.74) is 2.24. The standard InChI is InChI=1S/C8H8N2.C4H8O2/c1-10-6-9-7-4-2-3-5-8(7)10;1-2-3-4(5)6/h2-6H,1H3;2-3H2,1H3,(H,5,6). The van der Waals surface area contributed by atoms with Gasteiger partial charge < -0.3 is 9.67 Å². The Kier molecular flexibility index (Phi) is 4.51. The Bertz CT molecular complexity index is 463. The zero-order valence-electron chi connectivity index (χ0n) is 9.55. The quantitative estimate of drug-likeness (QED) is 0.845. The fourth-order valence-corrected chi connectivity index (χ4v) is 1.30. The number of aryl methyl sites for hydroxylation is 1. The average Bonchev–Trinajstić information content (AvgIpc) is 2.62. The molecule has 2 rings (SSSR count). The lowest BCUT2D eigenvalue weighted by Crippen LogP contribution is -1.90. The number of hydrogen-bond acceptors (Lipinski definition) is 2. The molecule has 0 saturated carbocycles. The van der Waals surface area contributed by atoms with Gasteiger partial charge in [-0.2, -0.15) is 0 Å². The smallest absolute Gasteiger partial charge is 0.303 e. The first-order valence-electron chi connectivity index (χ1n) is 5.23. The minimum Gasteiger partial charge on any atom is -0.481 e. The van der Waals surface area contributed by atoms with Crippen molar-refractivity contribution in [2.45, 2.75) is 19.8 Å². The molecule has 0 saturated heterocycles. The van der Waals surface area contributed by atoms with Crippen LogP contribution in [0.1, 0.15) is 19.8 Å². The number of nitrogens with zero attached hydrogens (tertiary/aromatic N) is 2. The molecular formula is C12H16N2O2. The molecule has 0 aliphatic carbocycles. The van der Waals surface area contributed by atoms with Crippen LogP contribution in [0.25, 0.3) is 11.0 Å². The number of aliphatic carboxylic acids is 1. The van der Waals surface area contributed by atoms with Gasteiger partial charge in [0.15, 0.2) is 0 Å². The second kappa shape index (κ2) is 5.90. The van der Waals surface area contributed by atoms with Crippen LogP contribution in [-0.4, -0.2) is 20.6 Å². The van der Waals surface area contributed by atoms with E-state index in [0.29, 0.717) is 6.42 Å². The molecule has 0 aliphatic heterocycles. The molecule has 16 heavy (non-hydrogen) atoms. The van der Waals surface area contributed by atoms with Gasteiger partial charge in [-0.05, 0) is 18.6 Å². The van der Waals surface area contributed by atoms with Crippen LogP contribution < -0.4 is 0 Å². The number of carboxylic acid groups (broad SMARTS) is 1. The lowest BCUT2D eigenvalue weighted by atomic mass is 10.3. The van der Waals surface area contributed by atoms with Crippen molar-refractivity contribution in [1.29, 1.82) is 0 Å². The molecular weight excluding hydrogens is 204 g/mol. The molecule has 0 aliphatic rings. The largest absolute Gasteiger partial charge is 0.481 e. The van der Waals surface area contributed by atoms with E-state index in [2.05, 4.69) is 11.1 Å². The monoisotopic (exact) mass is 220 g/mol. The van der Waals surface area contributed by atoms with E-state index in [1.807, 2.05) is 43.1 Å². The third-order valence-corrected chi connectivity index (χ3v) is 2.10. The Balaban J connectivity index is 0.000000187. The highest BCUT2D eigenvalue weighted by molar-refractivity contribution is 5.74. The van der Waals surface area contributed by atoms with Gasteiger partial charge in [-0.15, -0.1) is 0 Å². The summed E-state index contributed by atoms with van der Waals surface area (Å²) in [6, 6.07) is 8.08. The van der Waals surface area contributed by atoms with Crippen LogP contribution in [-0.2, 0) is 11.8 Å². The van der Waals surface area contributed by atoms with E-state index in [1.165, 1.54) is 5.52 Å². The summed E-state index contributed by atoms with van der Waals surface area (Å²) in [5, 5.41) is 7.91. The number of imidazole rings is 1. The summed E-state index contributed by atoms with van der Waals surface area (Å²) < 4.78 is 2.01. The maximum atomic E-state index is 9.60. The third-order valence-electron chi connectivity index (χ3n) is 2.10. The highest BCUT2D eigenvalue weighted by atomic mass is 16.4. The van der Waals surface area contributed by atoms with E-state index >= 15 is 0 Å². The number of aromatic nitrogens is 2. The first-order valence-corrected chi connectivity index (χ1v) is 5.23. The van der Waals surface area contributed by atoms with Crippen molar-refractivity contribution in [2.24, 2.45) is 7.05 Å². The SMILES string of the molecule is CCCC(=O)O.Cn1cnc2ccccc21. The molecule has 0 bridgehead atoms. The van der Waals surface area contributed by atoms with Crippen LogP contribution in [0.2, 0.25) is 0 Å². The Hall–Kier alpha value is -1.84. The van der Waals surface area contributed by atoms with E-state index in [9.17, 15) is 4.79 Å². The van der Waals surface area contributed by atoms with Gasteiger partial charge in [0, 0.05) is 13.5 Å². The molecule has 1 N–H and O–H groups in total.